The summed E-state index contributed by atoms with van der Waals surface area (Å²) in [6.07, 6.45) is 3.28. The Morgan fingerprint density at radius 1 is 1.02 bits per heavy atom. The Kier molecular flexibility index (Phi) is 9.54. The van der Waals surface area contributed by atoms with E-state index in [0.29, 0.717) is 48.2 Å². The lowest BCUT2D eigenvalue weighted by molar-refractivity contribution is -0.118. The van der Waals surface area contributed by atoms with Crippen LogP contribution in [0, 0.1) is 31.3 Å². The number of H-pyrrole nitrogens is 1. The number of aromatic nitrogens is 3. The number of fused-ring (bicyclic) bond motifs is 1. The molecule has 1 fully saturated rings. The molecule has 0 bridgehead atoms. The maximum absolute atomic E-state index is 15.1. The van der Waals surface area contributed by atoms with Gasteiger partial charge in [-0.1, -0.05) is 29.8 Å². The predicted molar refractivity (Wildman–Crippen MR) is 172 cm³/mol. The highest BCUT2D eigenvalue weighted by molar-refractivity contribution is 6.30. The van der Waals surface area contributed by atoms with Crippen molar-refractivity contribution in [3.63, 3.8) is 0 Å². The fraction of sp³-hybridized carbons (Fsp3) is 0.306. The summed E-state index contributed by atoms with van der Waals surface area (Å²) in [5.41, 5.74) is 6.21. The van der Waals surface area contributed by atoms with Gasteiger partial charge < -0.3 is 15.0 Å². The van der Waals surface area contributed by atoms with E-state index in [9.17, 15) is 13.6 Å². The van der Waals surface area contributed by atoms with Crippen LogP contribution in [0.2, 0.25) is 5.02 Å². The minimum atomic E-state index is -0.627. The molecule has 0 amide bonds. The first-order chi connectivity index (χ1) is 22.1. The molecular formula is C36H34ClF3N4O2. The monoisotopic (exact) mass is 646 g/mol. The lowest BCUT2D eigenvalue weighted by Gasteiger charge is -2.29. The highest BCUT2D eigenvalue weighted by Gasteiger charge is 2.26. The van der Waals surface area contributed by atoms with E-state index in [2.05, 4.69) is 41.3 Å². The molecule has 3 aromatic carbocycles. The largest absolute Gasteiger partial charge is 0.375 e. The third-order valence-corrected chi connectivity index (χ3v) is 9.07. The Labute approximate surface area is 270 Å². The zero-order valence-electron chi connectivity index (χ0n) is 25.5. The second kappa shape index (κ2) is 13.7. The number of imidazole rings is 1. The van der Waals surface area contributed by atoms with Crippen LogP contribution in [0.1, 0.15) is 64.0 Å². The van der Waals surface area contributed by atoms with E-state index >= 15 is 4.39 Å². The topological polar surface area (TPSA) is 79.9 Å². The van der Waals surface area contributed by atoms with Crippen molar-refractivity contribution in [3.8, 4) is 0 Å². The summed E-state index contributed by atoms with van der Waals surface area (Å²) < 4.78 is 49.7. The van der Waals surface area contributed by atoms with E-state index in [1.54, 1.807) is 18.2 Å². The number of hydrogen-bond donors (Lipinski definition) is 2. The zero-order valence-corrected chi connectivity index (χ0v) is 26.3. The third-order valence-electron chi connectivity index (χ3n) is 8.76. The number of rotatable bonds is 10. The minimum absolute atomic E-state index is 0.0432. The van der Waals surface area contributed by atoms with Gasteiger partial charge in [-0.3, -0.25) is 9.78 Å². The SMILES string of the molecule is Cc1cc2nc([C@@H]3CO[C@H](CCc4c(F)cncc4CC(=O)C[C@H](c4cccc(F)c4)c4ccc(Cl)c(F)c4)CN3)[nH]c2cc1C. The first-order valence-corrected chi connectivity index (χ1v) is 15.7. The fourth-order valence-corrected chi connectivity index (χ4v) is 6.19. The molecule has 1 saturated heterocycles. The fourth-order valence-electron chi connectivity index (χ4n) is 6.07. The molecule has 238 valence electrons. The van der Waals surface area contributed by atoms with E-state index in [1.165, 1.54) is 41.6 Å². The van der Waals surface area contributed by atoms with Crippen LogP contribution < -0.4 is 5.32 Å². The van der Waals surface area contributed by atoms with Crippen LogP contribution >= 0.6 is 11.6 Å². The molecule has 10 heteroatoms. The van der Waals surface area contributed by atoms with Crippen LogP contribution in [-0.4, -0.2) is 40.0 Å². The second-order valence-electron chi connectivity index (χ2n) is 12.0. The molecule has 1 aliphatic rings. The number of benzene rings is 3. The van der Waals surface area contributed by atoms with Crippen molar-refractivity contribution in [3.05, 3.63) is 129 Å². The molecule has 0 unspecified atom stereocenters. The lowest BCUT2D eigenvalue weighted by atomic mass is 9.85. The third kappa shape index (κ3) is 7.17. The maximum Gasteiger partial charge on any atom is 0.144 e. The van der Waals surface area contributed by atoms with Crippen LogP contribution in [0.25, 0.3) is 11.0 Å². The summed E-state index contributed by atoms with van der Waals surface area (Å²) in [5.74, 6) is -1.59. The van der Waals surface area contributed by atoms with Crippen molar-refractivity contribution < 1.29 is 22.7 Å². The number of carbonyl (C=O) groups excluding carboxylic acids is 1. The van der Waals surface area contributed by atoms with Crippen LogP contribution in [0.3, 0.4) is 0 Å². The van der Waals surface area contributed by atoms with Crippen LogP contribution in [0.4, 0.5) is 13.2 Å². The number of Topliss-reactive ketones (excluding diaryl/α,β-unsaturated/α-hetero) is 1. The highest BCUT2D eigenvalue weighted by Crippen LogP contribution is 2.32. The molecule has 0 spiro atoms. The van der Waals surface area contributed by atoms with E-state index < -0.39 is 23.4 Å². The van der Waals surface area contributed by atoms with Crippen molar-refractivity contribution in [2.45, 2.75) is 57.6 Å². The van der Waals surface area contributed by atoms with E-state index in [-0.39, 0.29) is 35.8 Å². The standard InChI is InChI=1S/C36H34ClF3N4O2/c1-20-10-33-34(11-21(20)2)44-36(43-33)35-19-46-27(17-42-35)7-8-28-24(16-41-18-32(28)40)13-26(45)15-29(22-4-3-5-25(38)12-22)23-6-9-30(37)31(39)14-23/h3-6,9-12,14,16,18,27,29,35,42H,7-8,13,15,17,19H2,1-2H3,(H,43,44)/t27-,29-,35+/m1/s1. The van der Waals surface area contributed by atoms with Crippen molar-refractivity contribution in [1.82, 2.24) is 20.3 Å². The average molecular weight is 647 g/mol. The quantitative estimate of drug-likeness (QED) is 0.163. The predicted octanol–water partition coefficient (Wildman–Crippen LogP) is 7.64. The summed E-state index contributed by atoms with van der Waals surface area (Å²) in [6, 6.07) is 14.3. The van der Waals surface area contributed by atoms with Gasteiger partial charge in [-0.25, -0.2) is 18.2 Å². The van der Waals surface area contributed by atoms with Gasteiger partial charge in [0.2, 0.25) is 0 Å². The maximum atomic E-state index is 15.1. The number of hydrogen-bond acceptors (Lipinski definition) is 5. The molecule has 3 heterocycles. The molecule has 3 atom stereocenters. The normalized spacial score (nSPS) is 17.3. The number of aryl methyl sites for hydroxylation is 2. The molecule has 46 heavy (non-hydrogen) atoms. The molecule has 2 aromatic heterocycles. The van der Waals surface area contributed by atoms with Gasteiger partial charge in [0, 0.05) is 31.5 Å². The highest BCUT2D eigenvalue weighted by atomic mass is 35.5. The van der Waals surface area contributed by atoms with Crippen LogP contribution in [0.5, 0.6) is 0 Å². The molecule has 1 aliphatic heterocycles. The van der Waals surface area contributed by atoms with Crippen molar-refractivity contribution >= 4 is 28.4 Å². The number of nitrogens with zero attached hydrogens (tertiary/aromatic N) is 2. The van der Waals surface area contributed by atoms with Crippen molar-refractivity contribution in [2.75, 3.05) is 13.2 Å². The Balaban J connectivity index is 1.11. The van der Waals surface area contributed by atoms with Gasteiger partial charge in [0.15, 0.2) is 0 Å². The molecule has 0 saturated carbocycles. The number of aromatic amines is 1. The molecular weight excluding hydrogens is 613 g/mol. The number of carbonyl (C=O) groups is 1. The summed E-state index contributed by atoms with van der Waals surface area (Å²) in [7, 11) is 0. The summed E-state index contributed by atoms with van der Waals surface area (Å²) >= 11 is 5.89. The number of morpholine rings is 1. The first kappa shape index (κ1) is 31.9. The number of nitrogens with one attached hydrogen (secondary N) is 2. The Morgan fingerprint density at radius 2 is 1.83 bits per heavy atom. The Morgan fingerprint density at radius 3 is 2.59 bits per heavy atom. The number of ketones is 1. The van der Waals surface area contributed by atoms with Crippen molar-refractivity contribution in [1.29, 1.82) is 0 Å². The van der Waals surface area contributed by atoms with E-state index in [0.717, 1.165) is 23.1 Å². The van der Waals surface area contributed by atoms with Gasteiger partial charge in [0.25, 0.3) is 0 Å². The molecule has 0 aliphatic carbocycles. The number of halogens is 4. The first-order valence-electron chi connectivity index (χ1n) is 15.3. The van der Waals surface area contributed by atoms with Gasteiger partial charge >= 0.3 is 0 Å². The smallest absolute Gasteiger partial charge is 0.144 e. The minimum Gasteiger partial charge on any atom is -0.375 e. The zero-order chi connectivity index (χ0) is 32.4. The van der Waals surface area contributed by atoms with Gasteiger partial charge in [0.1, 0.15) is 29.1 Å². The van der Waals surface area contributed by atoms with Gasteiger partial charge in [0.05, 0.1) is 41.0 Å². The van der Waals surface area contributed by atoms with Gasteiger partial charge in [-0.2, -0.15) is 0 Å². The van der Waals surface area contributed by atoms with Crippen LogP contribution in [0.15, 0.2) is 67.0 Å². The molecule has 6 rings (SSSR count). The Hall–Kier alpha value is -4.05. The second-order valence-corrected chi connectivity index (χ2v) is 12.4. The van der Waals surface area contributed by atoms with E-state index in [4.69, 9.17) is 21.3 Å². The van der Waals surface area contributed by atoms with Gasteiger partial charge in [-0.05, 0) is 96.5 Å². The molecule has 0 radical (unpaired) electrons. The van der Waals surface area contributed by atoms with Crippen molar-refractivity contribution in [2.24, 2.45) is 0 Å². The summed E-state index contributed by atoms with van der Waals surface area (Å²) in [4.78, 5) is 25.6. The molecule has 6 nitrogen and oxygen atoms in total. The Bertz CT molecular complexity index is 1850. The van der Waals surface area contributed by atoms with Crippen LogP contribution in [-0.2, 0) is 22.4 Å². The molecule has 5 aromatic rings. The molecule has 2 N–H and O–H groups in total. The van der Waals surface area contributed by atoms with E-state index in [1.807, 2.05) is 0 Å². The summed E-state index contributed by atoms with van der Waals surface area (Å²) in [5, 5.41) is 3.45. The number of ether oxygens (including phenoxy) is 1. The summed E-state index contributed by atoms with van der Waals surface area (Å²) in [6.45, 7) is 5.12. The average Bonchev–Trinajstić information content (AvgIpc) is 3.44. The number of pyridine rings is 1. The lowest BCUT2D eigenvalue weighted by Crippen LogP contribution is -2.41. The van der Waals surface area contributed by atoms with Gasteiger partial charge in [-0.15, -0.1) is 0 Å².